The fraction of sp³-hybridized carbons (Fsp3) is 0.292. The Morgan fingerprint density at radius 2 is 2.09 bits per heavy atom. The molecule has 0 aliphatic carbocycles. The van der Waals surface area contributed by atoms with Crippen LogP contribution in [-0.4, -0.2) is 50.2 Å². The smallest absolute Gasteiger partial charge is 0.233 e. The zero-order valence-electron chi connectivity index (χ0n) is 18.1. The third-order valence-corrected chi connectivity index (χ3v) is 7.02. The second kappa shape index (κ2) is 9.59. The summed E-state index contributed by atoms with van der Waals surface area (Å²) in [4.78, 5) is 16.0. The SMILES string of the molecule is CC(Sc1nnc(-c2c[nH]c3ccccc23)n1-c1ccc(Cl)cc1)C(=O)NCC1CCCO1. The summed E-state index contributed by atoms with van der Waals surface area (Å²) in [5.74, 6) is 0.652. The second-order valence-corrected chi connectivity index (χ2v) is 9.75. The summed E-state index contributed by atoms with van der Waals surface area (Å²) in [7, 11) is 0. The molecule has 7 nitrogen and oxygen atoms in total. The van der Waals surface area contributed by atoms with Crippen LogP contribution < -0.4 is 5.32 Å². The number of para-hydroxylation sites is 1. The van der Waals surface area contributed by atoms with E-state index in [1.54, 1.807) is 0 Å². The van der Waals surface area contributed by atoms with Gasteiger partial charge in [0.15, 0.2) is 11.0 Å². The van der Waals surface area contributed by atoms with E-state index in [0.29, 0.717) is 22.5 Å². The van der Waals surface area contributed by atoms with Gasteiger partial charge < -0.3 is 15.0 Å². The van der Waals surface area contributed by atoms with Gasteiger partial charge in [0.05, 0.1) is 11.4 Å². The molecule has 0 spiro atoms. The number of hydrogen-bond acceptors (Lipinski definition) is 5. The van der Waals surface area contributed by atoms with Crippen molar-refractivity contribution in [1.29, 1.82) is 0 Å². The predicted molar refractivity (Wildman–Crippen MR) is 131 cm³/mol. The Bertz CT molecular complexity index is 1260. The first kappa shape index (κ1) is 22.0. The average molecular weight is 482 g/mol. The van der Waals surface area contributed by atoms with Gasteiger partial charge in [-0.15, -0.1) is 10.2 Å². The van der Waals surface area contributed by atoms with Gasteiger partial charge in [-0.05, 0) is 50.1 Å². The van der Waals surface area contributed by atoms with Crippen molar-refractivity contribution in [2.24, 2.45) is 0 Å². The molecule has 0 saturated carbocycles. The summed E-state index contributed by atoms with van der Waals surface area (Å²) < 4.78 is 7.58. The maximum Gasteiger partial charge on any atom is 0.233 e. The number of halogens is 1. The molecular formula is C24H24ClN5O2S. The lowest BCUT2D eigenvalue weighted by Gasteiger charge is -2.15. The highest BCUT2D eigenvalue weighted by molar-refractivity contribution is 8.00. The number of nitrogens with one attached hydrogen (secondary N) is 2. The molecule has 2 N–H and O–H groups in total. The Kier molecular flexibility index (Phi) is 6.39. The van der Waals surface area contributed by atoms with Gasteiger partial charge in [0, 0.05) is 46.5 Å². The molecule has 3 heterocycles. The van der Waals surface area contributed by atoms with Gasteiger partial charge in [0.25, 0.3) is 0 Å². The van der Waals surface area contributed by atoms with Crippen molar-refractivity contribution in [2.75, 3.05) is 13.2 Å². The standard InChI is InChI=1S/C24H24ClN5O2S/c1-15(23(31)27-13-18-5-4-12-32-18)33-24-29-28-22(30(24)17-10-8-16(25)9-11-17)20-14-26-21-7-3-2-6-19(20)21/h2-3,6-11,14-15,18,26H,4-5,12-13H2,1H3,(H,27,31). The highest BCUT2D eigenvalue weighted by atomic mass is 35.5. The van der Waals surface area contributed by atoms with Gasteiger partial charge in [-0.3, -0.25) is 9.36 Å². The van der Waals surface area contributed by atoms with Crippen LogP contribution in [0.2, 0.25) is 5.02 Å². The van der Waals surface area contributed by atoms with Gasteiger partial charge in [-0.1, -0.05) is 41.6 Å². The summed E-state index contributed by atoms with van der Waals surface area (Å²) in [6, 6.07) is 15.6. The molecular weight excluding hydrogens is 458 g/mol. The molecule has 2 unspecified atom stereocenters. The molecule has 5 rings (SSSR count). The average Bonchev–Trinajstić information content (AvgIpc) is 3.58. The molecule has 1 aliphatic heterocycles. The van der Waals surface area contributed by atoms with E-state index < -0.39 is 0 Å². The first-order valence-electron chi connectivity index (χ1n) is 10.9. The number of carbonyl (C=O) groups is 1. The van der Waals surface area contributed by atoms with Crippen LogP contribution in [0.4, 0.5) is 0 Å². The number of carbonyl (C=O) groups excluding carboxylic acids is 1. The van der Waals surface area contributed by atoms with Crippen molar-refractivity contribution >= 4 is 40.2 Å². The molecule has 33 heavy (non-hydrogen) atoms. The summed E-state index contributed by atoms with van der Waals surface area (Å²) in [6.07, 6.45) is 4.08. The van der Waals surface area contributed by atoms with Crippen LogP contribution in [-0.2, 0) is 9.53 Å². The van der Waals surface area contributed by atoms with E-state index in [-0.39, 0.29) is 17.3 Å². The zero-order valence-corrected chi connectivity index (χ0v) is 19.7. The molecule has 2 aromatic heterocycles. The van der Waals surface area contributed by atoms with Crippen LogP contribution in [0.25, 0.3) is 28.0 Å². The Morgan fingerprint density at radius 1 is 1.27 bits per heavy atom. The van der Waals surface area contributed by atoms with E-state index >= 15 is 0 Å². The van der Waals surface area contributed by atoms with Crippen LogP contribution in [0.15, 0.2) is 59.9 Å². The van der Waals surface area contributed by atoms with E-state index in [4.69, 9.17) is 16.3 Å². The Hall–Kier alpha value is -2.81. The van der Waals surface area contributed by atoms with Gasteiger partial charge >= 0.3 is 0 Å². The largest absolute Gasteiger partial charge is 0.376 e. The summed E-state index contributed by atoms with van der Waals surface area (Å²) in [5, 5.41) is 14.0. The number of aromatic amines is 1. The summed E-state index contributed by atoms with van der Waals surface area (Å²) in [5.41, 5.74) is 2.84. The molecule has 170 valence electrons. The van der Waals surface area contributed by atoms with E-state index in [1.165, 1.54) is 11.8 Å². The summed E-state index contributed by atoms with van der Waals surface area (Å²) >= 11 is 7.51. The number of aromatic nitrogens is 4. The van der Waals surface area contributed by atoms with Crippen LogP contribution in [0.5, 0.6) is 0 Å². The van der Waals surface area contributed by atoms with Gasteiger partial charge in [0.2, 0.25) is 5.91 Å². The van der Waals surface area contributed by atoms with Crippen LogP contribution >= 0.6 is 23.4 Å². The molecule has 1 fully saturated rings. The van der Waals surface area contributed by atoms with E-state index in [9.17, 15) is 4.79 Å². The van der Waals surface area contributed by atoms with Gasteiger partial charge in [-0.25, -0.2) is 0 Å². The monoisotopic (exact) mass is 481 g/mol. The third-order valence-electron chi connectivity index (χ3n) is 5.73. The van der Waals surface area contributed by atoms with Crippen molar-refractivity contribution in [2.45, 2.75) is 36.3 Å². The maximum atomic E-state index is 12.7. The quantitative estimate of drug-likeness (QED) is 0.369. The van der Waals surface area contributed by atoms with Crippen molar-refractivity contribution in [1.82, 2.24) is 25.1 Å². The fourth-order valence-electron chi connectivity index (χ4n) is 3.98. The lowest BCUT2D eigenvalue weighted by Crippen LogP contribution is -2.36. The Morgan fingerprint density at radius 3 is 2.88 bits per heavy atom. The first-order valence-corrected chi connectivity index (χ1v) is 12.2. The minimum Gasteiger partial charge on any atom is -0.376 e. The molecule has 9 heteroatoms. The van der Waals surface area contributed by atoms with Crippen molar-refractivity contribution < 1.29 is 9.53 Å². The minimum atomic E-state index is -0.350. The lowest BCUT2D eigenvalue weighted by atomic mass is 10.1. The molecule has 4 aromatic rings. The van der Waals surface area contributed by atoms with Crippen LogP contribution in [0, 0.1) is 0 Å². The fourth-order valence-corrected chi connectivity index (χ4v) is 4.99. The normalized spacial score (nSPS) is 16.8. The predicted octanol–water partition coefficient (Wildman–Crippen LogP) is 4.84. The number of nitrogens with zero attached hydrogens (tertiary/aromatic N) is 3. The number of H-pyrrole nitrogens is 1. The Balaban J connectivity index is 1.46. The number of benzene rings is 2. The second-order valence-electron chi connectivity index (χ2n) is 8.01. The van der Waals surface area contributed by atoms with E-state index in [0.717, 1.165) is 41.6 Å². The number of amides is 1. The molecule has 0 bridgehead atoms. The van der Waals surface area contributed by atoms with Crippen molar-refractivity contribution in [3.8, 4) is 17.1 Å². The zero-order chi connectivity index (χ0) is 22.8. The van der Waals surface area contributed by atoms with Crippen LogP contribution in [0.3, 0.4) is 0 Å². The maximum absolute atomic E-state index is 12.7. The minimum absolute atomic E-state index is 0.0465. The number of hydrogen-bond donors (Lipinski definition) is 2. The van der Waals surface area contributed by atoms with Gasteiger partial charge in [0.1, 0.15) is 0 Å². The van der Waals surface area contributed by atoms with Gasteiger partial charge in [-0.2, -0.15) is 0 Å². The molecule has 1 saturated heterocycles. The number of fused-ring (bicyclic) bond motifs is 1. The van der Waals surface area contributed by atoms with Crippen LogP contribution in [0.1, 0.15) is 19.8 Å². The lowest BCUT2D eigenvalue weighted by molar-refractivity contribution is -0.120. The highest BCUT2D eigenvalue weighted by Crippen LogP contribution is 2.34. The number of rotatable bonds is 7. The molecule has 2 atom stereocenters. The summed E-state index contributed by atoms with van der Waals surface area (Å²) in [6.45, 7) is 3.18. The van der Waals surface area contributed by atoms with E-state index in [1.807, 2.05) is 60.2 Å². The molecule has 2 aromatic carbocycles. The van der Waals surface area contributed by atoms with Crippen molar-refractivity contribution in [3.63, 3.8) is 0 Å². The topological polar surface area (TPSA) is 84.8 Å². The number of ether oxygens (including phenoxy) is 1. The number of thioether (sulfide) groups is 1. The highest BCUT2D eigenvalue weighted by Gasteiger charge is 2.24. The van der Waals surface area contributed by atoms with Crippen molar-refractivity contribution in [3.05, 3.63) is 59.8 Å². The third kappa shape index (κ3) is 4.64. The first-order chi connectivity index (χ1) is 16.1. The molecule has 1 aliphatic rings. The Labute approximate surface area is 200 Å². The molecule has 1 amide bonds. The molecule has 0 radical (unpaired) electrons. The van der Waals surface area contributed by atoms with E-state index in [2.05, 4.69) is 26.6 Å².